The van der Waals surface area contributed by atoms with Crippen LogP contribution in [0.2, 0.25) is 0 Å². The average Bonchev–Trinajstić information content (AvgIpc) is 2.96. The minimum atomic E-state index is -1.45. The predicted octanol–water partition coefficient (Wildman–Crippen LogP) is 5.67. The molecule has 2 aromatic rings. The highest BCUT2D eigenvalue weighted by molar-refractivity contribution is 14.1. The Morgan fingerprint density at radius 1 is 1.20 bits per heavy atom. The van der Waals surface area contributed by atoms with E-state index in [1.165, 1.54) is 0 Å². The van der Waals surface area contributed by atoms with Crippen molar-refractivity contribution in [3.63, 3.8) is 0 Å². The zero-order chi connectivity index (χ0) is 21.3. The van der Waals surface area contributed by atoms with Gasteiger partial charge in [0.05, 0.1) is 16.7 Å². The summed E-state index contributed by atoms with van der Waals surface area (Å²) in [5.41, 5.74) is 2.31. The van der Waals surface area contributed by atoms with E-state index in [-0.39, 0.29) is 6.04 Å². The van der Waals surface area contributed by atoms with E-state index < -0.39 is 17.5 Å². The number of hydrogen-bond acceptors (Lipinski definition) is 4. The van der Waals surface area contributed by atoms with Crippen LogP contribution in [0, 0.1) is 21.0 Å². The molecule has 1 fully saturated rings. The van der Waals surface area contributed by atoms with E-state index in [0.717, 1.165) is 45.4 Å². The van der Waals surface area contributed by atoms with Crippen LogP contribution in [0.1, 0.15) is 36.4 Å². The molecule has 8 heteroatoms. The average molecular weight is 528 g/mol. The Kier molecular flexibility index (Phi) is 6.21. The first kappa shape index (κ1) is 21.0. The van der Waals surface area contributed by atoms with Crippen LogP contribution in [0.3, 0.4) is 0 Å². The Balaban J connectivity index is 1.70. The van der Waals surface area contributed by atoms with E-state index in [1.807, 2.05) is 29.2 Å². The molecule has 0 aromatic heterocycles. The predicted molar refractivity (Wildman–Crippen MR) is 117 cm³/mol. The number of oxime groups is 1. The van der Waals surface area contributed by atoms with Gasteiger partial charge in [-0.05, 0) is 82.5 Å². The molecule has 1 atom stereocenters. The lowest BCUT2D eigenvalue weighted by Crippen LogP contribution is -2.39. The molecule has 0 bridgehead atoms. The molecule has 0 spiro atoms. The quantitative estimate of drug-likeness (QED) is 0.381. The lowest BCUT2D eigenvalue weighted by atomic mass is 9.95. The van der Waals surface area contributed by atoms with Crippen molar-refractivity contribution >= 4 is 34.5 Å². The number of benzene rings is 2. The molecular formula is C22H20F3IN2O2. The minimum Gasteiger partial charge on any atom is -0.496 e. The largest absolute Gasteiger partial charge is 0.496 e. The highest BCUT2D eigenvalue weighted by atomic mass is 127. The van der Waals surface area contributed by atoms with Gasteiger partial charge in [0, 0.05) is 13.0 Å². The Labute approximate surface area is 186 Å². The number of piperidine rings is 1. The molecule has 0 amide bonds. The first-order chi connectivity index (χ1) is 14.5. The van der Waals surface area contributed by atoms with E-state index >= 15 is 0 Å². The van der Waals surface area contributed by atoms with Crippen LogP contribution in [-0.2, 0) is 4.84 Å². The maximum absolute atomic E-state index is 13.9. The molecule has 0 N–H and O–H groups in total. The zero-order valence-corrected chi connectivity index (χ0v) is 18.5. The minimum absolute atomic E-state index is 0.302. The van der Waals surface area contributed by atoms with Crippen LogP contribution in [0.4, 0.5) is 13.2 Å². The second-order valence-corrected chi connectivity index (χ2v) is 8.37. The Morgan fingerprint density at radius 2 is 1.97 bits per heavy atom. The van der Waals surface area contributed by atoms with Crippen molar-refractivity contribution in [1.82, 2.24) is 4.90 Å². The highest BCUT2D eigenvalue weighted by Gasteiger charge is 2.32. The van der Waals surface area contributed by atoms with Gasteiger partial charge in [-0.1, -0.05) is 11.2 Å². The van der Waals surface area contributed by atoms with Gasteiger partial charge in [-0.15, -0.1) is 0 Å². The van der Waals surface area contributed by atoms with Crippen LogP contribution in [0.25, 0.3) is 6.08 Å². The first-order valence-corrected chi connectivity index (χ1v) is 10.7. The Bertz CT molecular complexity index is 1000. The first-order valence-electron chi connectivity index (χ1n) is 9.63. The number of rotatable bonds is 3. The van der Waals surface area contributed by atoms with Gasteiger partial charge in [-0.25, -0.2) is 13.2 Å². The maximum Gasteiger partial charge on any atom is 0.194 e. The molecule has 0 aliphatic carbocycles. The van der Waals surface area contributed by atoms with E-state index in [2.05, 4.69) is 27.7 Å². The summed E-state index contributed by atoms with van der Waals surface area (Å²) in [6.07, 6.45) is 4.17. The number of fused-ring (bicyclic) bond motifs is 1. The third-order valence-electron chi connectivity index (χ3n) is 5.32. The van der Waals surface area contributed by atoms with Gasteiger partial charge in [0.2, 0.25) is 0 Å². The summed E-state index contributed by atoms with van der Waals surface area (Å²) in [6.45, 7) is 0.969. The van der Waals surface area contributed by atoms with Gasteiger partial charge in [-0.2, -0.15) is 0 Å². The Morgan fingerprint density at radius 3 is 2.70 bits per heavy atom. The summed E-state index contributed by atoms with van der Waals surface area (Å²) < 4.78 is 47.6. The SMILES string of the molecule is COc1cc(/C=C2\CCCN3C2=NOCCC3c2cc(F)c(F)c(F)c2)ccc1I. The van der Waals surface area contributed by atoms with Crippen molar-refractivity contribution in [3.05, 3.63) is 68.1 Å². The fraction of sp³-hybridized carbons (Fsp3) is 0.318. The van der Waals surface area contributed by atoms with Crippen molar-refractivity contribution in [2.45, 2.75) is 25.3 Å². The fourth-order valence-electron chi connectivity index (χ4n) is 3.90. The van der Waals surface area contributed by atoms with Crippen LogP contribution in [0.5, 0.6) is 5.75 Å². The number of ether oxygens (including phenoxy) is 1. The van der Waals surface area contributed by atoms with E-state index in [0.29, 0.717) is 31.0 Å². The lowest BCUT2D eigenvalue weighted by molar-refractivity contribution is 0.140. The number of amidine groups is 1. The van der Waals surface area contributed by atoms with Crippen LogP contribution in [-0.4, -0.2) is 31.0 Å². The van der Waals surface area contributed by atoms with E-state index in [4.69, 9.17) is 9.57 Å². The van der Waals surface area contributed by atoms with Crippen molar-refractivity contribution in [2.75, 3.05) is 20.3 Å². The Hall–Kier alpha value is -2.23. The third kappa shape index (κ3) is 4.14. The summed E-state index contributed by atoms with van der Waals surface area (Å²) in [5, 5.41) is 4.30. The number of hydrogen-bond donors (Lipinski definition) is 0. The maximum atomic E-state index is 13.9. The molecule has 0 radical (unpaired) electrons. The number of halogens is 4. The van der Waals surface area contributed by atoms with Gasteiger partial charge < -0.3 is 14.5 Å². The number of nitrogens with zero attached hydrogens (tertiary/aromatic N) is 2. The molecule has 1 saturated heterocycles. The molecule has 4 nitrogen and oxygen atoms in total. The molecular weight excluding hydrogens is 508 g/mol. The molecule has 30 heavy (non-hydrogen) atoms. The summed E-state index contributed by atoms with van der Waals surface area (Å²) in [6, 6.07) is 7.70. The van der Waals surface area contributed by atoms with Crippen LogP contribution in [0.15, 0.2) is 41.1 Å². The van der Waals surface area contributed by atoms with Gasteiger partial charge in [0.25, 0.3) is 0 Å². The van der Waals surface area contributed by atoms with Crippen molar-refractivity contribution < 1.29 is 22.7 Å². The molecule has 4 rings (SSSR count). The molecule has 2 aliphatic rings. The summed E-state index contributed by atoms with van der Waals surface area (Å²) in [5.74, 6) is -2.40. The summed E-state index contributed by atoms with van der Waals surface area (Å²) >= 11 is 2.21. The topological polar surface area (TPSA) is 34.1 Å². The second kappa shape index (κ2) is 8.87. The fourth-order valence-corrected chi connectivity index (χ4v) is 4.46. The van der Waals surface area contributed by atoms with Crippen molar-refractivity contribution in [1.29, 1.82) is 0 Å². The normalized spacial score (nSPS) is 20.3. The molecule has 1 unspecified atom stereocenters. The highest BCUT2D eigenvalue weighted by Crippen LogP contribution is 2.35. The van der Waals surface area contributed by atoms with Gasteiger partial charge >= 0.3 is 0 Å². The second-order valence-electron chi connectivity index (χ2n) is 7.21. The zero-order valence-electron chi connectivity index (χ0n) is 16.3. The molecule has 158 valence electrons. The van der Waals surface area contributed by atoms with Gasteiger partial charge in [-0.3, -0.25) is 0 Å². The summed E-state index contributed by atoms with van der Waals surface area (Å²) in [7, 11) is 1.63. The smallest absolute Gasteiger partial charge is 0.194 e. The van der Waals surface area contributed by atoms with Crippen molar-refractivity contribution in [3.8, 4) is 5.75 Å². The van der Waals surface area contributed by atoms with E-state index in [1.54, 1.807) is 7.11 Å². The van der Waals surface area contributed by atoms with Gasteiger partial charge in [0.1, 0.15) is 12.4 Å². The molecule has 2 aromatic carbocycles. The molecule has 0 saturated carbocycles. The molecule has 2 aliphatic heterocycles. The number of methoxy groups -OCH3 is 1. The summed E-state index contributed by atoms with van der Waals surface area (Å²) in [4.78, 5) is 7.45. The van der Waals surface area contributed by atoms with E-state index in [9.17, 15) is 13.2 Å². The van der Waals surface area contributed by atoms with Gasteiger partial charge in [0.15, 0.2) is 23.3 Å². The van der Waals surface area contributed by atoms with Crippen LogP contribution >= 0.6 is 22.6 Å². The monoisotopic (exact) mass is 528 g/mol. The molecule has 2 heterocycles. The van der Waals surface area contributed by atoms with Crippen LogP contribution < -0.4 is 4.74 Å². The lowest BCUT2D eigenvalue weighted by Gasteiger charge is -2.36. The standard InChI is InChI=1S/C22H20F3IN2O2/c1-29-20-10-13(4-5-18(20)26)9-14-3-2-7-28-19(6-8-30-27-22(14)28)15-11-16(23)21(25)17(24)12-15/h4-5,9-12,19H,2-3,6-8H2,1H3/b14-9+. The van der Waals surface area contributed by atoms with Crippen molar-refractivity contribution in [2.24, 2.45) is 5.16 Å². The third-order valence-corrected chi connectivity index (χ3v) is 6.21.